The van der Waals surface area contributed by atoms with Gasteiger partial charge in [0.2, 0.25) is 5.95 Å². The van der Waals surface area contributed by atoms with E-state index in [0.29, 0.717) is 6.04 Å². The van der Waals surface area contributed by atoms with Gasteiger partial charge in [0.25, 0.3) is 0 Å². The van der Waals surface area contributed by atoms with Gasteiger partial charge in [0.15, 0.2) is 0 Å². The van der Waals surface area contributed by atoms with Crippen LogP contribution in [0.4, 0.5) is 11.6 Å². The highest BCUT2D eigenvalue weighted by Gasteiger charge is 2.08. The third-order valence-electron chi connectivity index (χ3n) is 2.94. The average Bonchev–Trinajstić information content (AvgIpc) is 2.72. The molecule has 0 saturated carbocycles. The number of nitrogens with zero attached hydrogens (tertiary/aromatic N) is 2. The second-order valence-electron chi connectivity index (χ2n) is 4.64. The van der Waals surface area contributed by atoms with Crippen molar-refractivity contribution in [2.24, 2.45) is 0 Å². The molecule has 0 fully saturated rings. The smallest absolute Gasteiger partial charge is 0.207 e. The number of hydrogen-bond donors (Lipinski definition) is 1. The number of aryl methyl sites for hydroxylation is 2. The Bertz CT molecular complexity index is 492. The van der Waals surface area contributed by atoms with E-state index < -0.39 is 0 Å². The van der Waals surface area contributed by atoms with Gasteiger partial charge in [-0.3, -0.25) is 0 Å². The monoisotopic (exact) mass is 229 g/mol. The zero-order chi connectivity index (χ0) is 12.4. The largest absolute Gasteiger partial charge is 0.325 e. The number of imidazole rings is 1. The maximum absolute atomic E-state index is 4.37. The van der Waals surface area contributed by atoms with Crippen molar-refractivity contribution in [3.63, 3.8) is 0 Å². The van der Waals surface area contributed by atoms with Gasteiger partial charge in [-0.2, -0.15) is 0 Å². The molecule has 3 nitrogen and oxygen atoms in total. The first-order valence-electron chi connectivity index (χ1n) is 5.95. The van der Waals surface area contributed by atoms with E-state index in [1.54, 1.807) is 0 Å². The van der Waals surface area contributed by atoms with Crippen LogP contribution < -0.4 is 5.32 Å². The minimum Gasteiger partial charge on any atom is -0.325 e. The van der Waals surface area contributed by atoms with Crippen LogP contribution in [0.25, 0.3) is 0 Å². The summed E-state index contributed by atoms with van der Waals surface area (Å²) in [5.41, 5.74) is 3.63. The third kappa shape index (κ3) is 2.33. The second kappa shape index (κ2) is 4.62. The van der Waals surface area contributed by atoms with Gasteiger partial charge in [-0.25, -0.2) is 4.98 Å². The van der Waals surface area contributed by atoms with E-state index >= 15 is 0 Å². The molecule has 1 aromatic carbocycles. The predicted molar refractivity (Wildman–Crippen MR) is 71.8 cm³/mol. The molecule has 0 unspecified atom stereocenters. The van der Waals surface area contributed by atoms with Crippen molar-refractivity contribution in [2.75, 3.05) is 5.32 Å². The molecule has 0 radical (unpaired) electrons. The molecule has 90 valence electrons. The summed E-state index contributed by atoms with van der Waals surface area (Å²) >= 11 is 0. The zero-order valence-corrected chi connectivity index (χ0v) is 10.9. The van der Waals surface area contributed by atoms with Crippen LogP contribution in [0.1, 0.15) is 31.0 Å². The van der Waals surface area contributed by atoms with E-state index in [9.17, 15) is 0 Å². The average molecular weight is 229 g/mol. The Balaban J connectivity index is 2.35. The Hall–Kier alpha value is -1.77. The standard InChI is InChI=1S/C14H19N3/c1-10(2)17-9-8-15-14(17)16-13-11(3)6-5-7-12(13)4/h5-10H,1-4H3,(H,15,16). The number of rotatable bonds is 3. The van der Waals surface area contributed by atoms with Crippen LogP contribution in [0.5, 0.6) is 0 Å². The first kappa shape index (κ1) is 11.7. The maximum atomic E-state index is 4.37. The van der Waals surface area contributed by atoms with E-state index in [0.717, 1.165) is 11.6 Å². The lowest BCUT2D eigenvalue weighted by Crippen LogP contribution is -2.06. The molecule has 1 N–H and O–H groups in total. The Labute approximate surface area is 103 Å². The number of hydrogen-bond acceptors (Lipinski definition) is 2. The van der Waals surface area contributed by atoms with Gasteiger partial charge >= 0.3 is 0 Å². The molecule has 2 aromatic rings. The summed E-state index contributed by atoms with van der Waals surface area (Å²) in [6.07, 6.45) is 3.83. The first-order chi connectivity index (χ1) is 8.09. The Morgan fingerprint density at radius 2 is 1.82 bits per heavy atom. The van der Waals surface area contributed by atoms with Crippen molar-refractivity contribution in [2.45, 2.75) is 33.7 Å². The van der Waals surface area contributed by atoms with Crippen LogP contribution in [-0.2, 0) is 0 Å². The van der Waals surface area contributed by atoms with Gasteiger partial charge in [0, 0.05) is 24.1 Å². The number of aromatic nitrogens is 2. The van der Waals surface area contributed by atoms with Crippen molar-refractivity contribution in [1.29, 1.82) is 0 Å². The minimum absolute atomic E-state index is 0.407. The Morgan fingerprint density at radius 1 is 1.18 bits per heavy atom. The van der Waals surface area contributed by atoms with Gasteiger partial charge < -0.3 is 9.88 Å². The van der Waals surface area contributed by atoms with Crippen molar-refractivity contribution in [1.82, 2.24) is 9.55 Å². The van der Waals surface area contributed by atoms with Crippen LogP contribution in [0.15, 0.2) is 30.6 Å². The molecule has 1 heterocycles. The molecule has 0 spiro atoms. The van der Waals surface area contributed by atoms with Gasteiger partial charge in [0.05, 0.1) is 0 Å². The summed E-state index contributed by atoms with van der Waals surface area (Å²) < 4.78 is 2.13. The van der Waals surface area contributed by atoms with Crippen LogP contribution in [-0.4, -0.2) is 9.55 Å². The molecule has 0 bridgehead atoms. The summed E-state index contributed by atoms with van der Waals surface area (Å²) in [5, 5.41) is 3.42. The van der Waals surface area contributed by atoms with E-state index in [1.165, 1.54) is 11.1 Å². The Kier molecular flexibility index (Phi) is 3.18. The fraction of sp³-hybridized carbons (Fsp3) is 0.357. The van der Waals surface area contributed by atoms with Crippen molar-refractivity contribution >= 4 is 11.6 Å². The SMILES string of the molecule is Cc1cccc(C)c1Nc1nccn1C(C)C. The topological polar surface area (TPSA) is 29.9 Å². The fourth-order valence-corrected chi connectivity index (χ4v) is 1.95. The highest BCUT2D eigenvalue weighted by atomic mass is 15.2. The van der Waals surface area contributed by atoms with E-state index in [-0.39, 0.29) is 0 Å². The molecule has 0 aliphatic rings. The summed E-state index contributed by atoms with van der Waals surface area (Å²) in [6.45, 7) is 8.52. The number of benzene rings is 1. The second-order valence-corrected chi connectivity index (χ2v) is 4.64. The van der Waals surface area contributed by atoms with Crippen molar-refractivity contribution in [3.8, 4) is 0 Å². The highest BCUT2D eigenvalue weighted by molar-refractivity contribution is 5.62. The number of anilines is 2. The van der Waals surface area contributed by atoms with Crippen LogP contribution in [0.3, 0.4) is 0 Å². The molecular formula is C14H19N3. The van der Waals surface area contributed by atoms with Gasteiger partial charge in [-0.1, -0.05) is 18.2 Å². The third-order valence-corrected chi connectivity index (χ3v) is 2.94. The lowest BCUT2D eigenvalue weighted by atomic mass is 10.1. The zero-order valence-electron chi connectivity index (χ0n) is 10.9. The number of nitrogens with one attached hydrogen (secondary N) is 1. The van der Waals surface area contributed by atoms with Crippen molar-refractivity contribution in [3.05, 3.63) is 41.7 Å². The van der Waals surface area contributed by atoms with E-state index in [1.807, 2.05) is 12.4 Å². The lowest BCUT2D eigenvalue weighted by Gasteiger charge is -2.15. The Morgan fingerprint density at radius 3 is 2.41 bits per heavy atom. The molecule has 0 aliphatic heterocycles. The molecule has 0 aliphatic carbocycles. The molecule has 0 amide bonds. The summed E-state index contributed by atoms with van der Waals surface area (Å²) in [7, 11) is 0. The molecule has 17 heavy (non-hydrogen) atoms. The molecule has 1 aromatic heterocycles. The summed E-state index contributed by atoms with van der Waals surface area (Å²) in [6, 6.07) is 6.70. The first-order valence-corrected chi connectivity index (χ1v) is 5.95. The lowest BCUT2D eigenvalue weighted by molar-refractivity contribution is 0.607. The molecule has 0 saturated heterocycles. The van der Waals surface area contributed by atoms with Crippen LogP contribution >= 0.6 is 0 Å². The van der Waals surface area contributed by atoms with Crippen LogP contribution in [0.2, 0.25) is 0 Å². The highest BCUT2D eigenvalue weighted by Crippen LogP contribution is 2.24. The quantitative estimate of drug-likeness (QED) is 0.867. The van der Waals surface area contributed by atoms with Crippen LogP contribution in [0, 0.1) is 13.8 Å². The van der Waals surface area contributed by atoms with Gasteiger partial charge in [-0.15, -0.1) is 0 Å². The maximum Gasteiger partial charge on any atom is 0.207 e. The molecule has 0 atom stereocenters. The fourth-order valence-electron chi connectivity index (χ4n) is 1.95. The summed E-state index contributed by atoms with van der Waals surface area (Å²) in [5.74, 6) is 0.900. The molecular weight excluding hydrogens is 210 g/mol. The molecule has 3 heteroatoms. The van der Waals surface area contributed by atoms with Gasteiger partial charge in [0.1, 0.15) is 0 Å². The summed E-state index contributed by atoms with van der Waals surface area (Å²) in [4.78, 5) is 4.37. The normalized spacial score (nSPS) is 10.9. The van der Waals surface area contributed by atoms with E-state index in [2.05, 4.69) is 60.8 Å². The van der Waals surface area contributed by atoms with Gasteiger partial charge in [-0.05, 0) is 38.8 Å². The predicted octanol–water partition coefficient (Wildman–Crippen LogP) is 3.82. The van der Waals surface area contributed by atoms with E-state index in [4.69, 9.17) is 0 Å². The minimum atomic E-state index is 0.407. The van der Waals surface area contributed by atoms with Crippen molar-refractivity contribution < 1.29 is 0 Å². The number of para-hydroxylation sites is 1. The molecule has 2 rings (SSSR count).